The van der Waals surface area contributed by atoms with E-state index in [1.165, 1.54) is 17.7 Å². The lowest BCUT2D eigenvalue weighted by Gasteiger charge is -2.18. The van der Waals surface area contributed by atoms with Gasteiger partial charge < -0.3 is 10.1 Å². The zero-order chi connectivity index (χ0) is 14.7. The number of benzene rings is 1. The Morgan fingerprint density at radius 2 is 2.24 bits per heavy atom. The van der Waals surface area contributed by atoms with Crippen LogP contribution in [0.2, 0.25) is 0 Å². The van der Waals surface area contributed by atoms with Crippen molar-refractivity contribution in [2.75, 3.05) is 11.9 Å². The zero-order valence-corrected chi connectivity index (χ0v) is 12.9. The number of carbonyl (C=O) groups is 1. The van der Waals surface area contributed by atoms with Gasteiger partial charge in [-0.1, -0.05) is 12.1 Å². The van der Waals surface area contributed by atoms with Gasteiger partial charge in [-0.2, -0.15) is 0 Å². The molecule has 1 fully saturated rings. The van der Waals surface area contributed by atoms with Gasteiger partial charge >= 0.3 is 5.97 Å². The van der Waals surface area contributed by atoms with Gasteiger partial charge in [-0.3, -0.25) is 0 Å². The fraction of sp³-hybridized carbons (Fsp3) is 0.353. The summed E-state index contributed by atoms with van der Waals surface area (Å²) in [5.41, 5.74) is 1.58. The third-order valence-electron chi connectivity index (χ3n) is 3.64. The fourth-order valence-corrected chi connectivity index (χ4v) is 3.32. The van der Waals surface area contributed by atoms with E-state index >= 15 is 0 Å². The van der Waals surface area contributed by atoms with Crippen molar-refractivity contribution in [3.05, 3.63) is 52.2 Å². The first-order chi connectivity index (χ1) is 10.3. The van der Waals surface area contributed by atoms with Gasteiger partial charge in [-0.05, 0) is 55.3 Å². The number of hydrogen-bond acceptors (Lipinski definition) is 4. The first-order valence-corrected chi connectivity index (χ1v) is 8.23. The molecule has 1 aromatic carbocycles. The Labute approximate surface area is 129 Å². The van der Waals surface area contributed by atoms with Gasteiger partial charge in [0.1, 0.15) is 0 Å². The van der Waals surface area contributed by atoms with Crippen LogP contribution in [0, 0.1) is 5.92 Å². The van der Waals surface area contributed by atoms with Crippen molar-refractivity contribution in [2.45, 2.75) is 25.8 Å². The van der Waals surface area contributed by atoms with Crippen molar-refractivity contribution in [1.82, 2.24) is 0 Å². The van der Waals surface area contributed by atoms with Crippen LogP contribution >= 0.6 is 11.3 Å². The van der Waals surface area contributed by atoms with Crippen LogP contribution in [0.3, 0.4) is 0 Å². The molecule has 1 unspecified atom stereocenters. The van der Waals surface area contributed by atoms with E-state index in [2.05, 4.69) is 22.8 Å². The van der Waals surface area contributed by atoms with Crippen LogP contribution in [0.4, 0.5) is 5.69 Å². The molecule has 21 heavy (non-hydrogen) atoms. The van der Waals surface area contributed by atoms with E-state index in [0.29, 0.717) is 24.1 Å². The maximum absolute atomic E-state index is 11.8. The summed E-state index contributed by atoms with van der Waals surface area (Å²) in [4.78, 5) is 13.2. The fourth-order valence-electron chi connectivity index (χ4n) is 2.45. The largest absolute Gasteiger partial charge is 0.462 e. The summed E-state index contributed by atoms with van der Waals surface area (Å²) in [5.74, 6) is 0.440. The summed E-state index contributed by atoms with van der Waals surface area (Å²) in [6, 6.07) is 12.2. The molecule has 1 N–H and O–H groups in total. The molecule has 0 radical (unpaired) electrons. The molecule has 0 saturated heterocycles. The van der Waals surface area contributed by atoms with Crippen molar-refractivity contribution >= 4 is 23.0 Å². The lowest BCUT2D eigenvalue weighted by molar-refractivity contribution is 0.0526. The summed E-state index contributed by atoms with van der Waals surface area (Å²) >= 11 is 1.78. The second kappa shape index (κ2) is 6.31. The minimum Gasteiger partial charge on any atom is -0.462 e. The molecule has 1 saturated carbocycles. The van der Waals surface area contributed by atoms with Crippen molar-refractivity contribution < 1.29 is 9.53 Å². The maximum atomic E-state index is 11.8. The predicted molar refractivity (Wildman–Crippen MR) is 85.8 cm³/mol. The summed E-state index contributed by atoms with van der Waals surface area (Å²) in [6.07, 6.45) is 2.54. The average molecular weight is 301 g/mol. The second-order valence-corrected chi connectivity index (χ2v) is 6.26. The highest BCUT2D eigenvalue weighted by Crippen LogP contribution is 2.44. The molecule has 3 nitrogen and oxygen atoms in total. The molecule has 1 atom stereocenters. The Bertz CT molecular complexity index is 605. The van der Waals surface area contributed by atoms with E-state index in [4.69, 9.17) is 4.74 Å². The smallest absolute Gasteiger partial charge is 0.338 e. The Balaban J connectivity index is 1.77. The topological polar surface area (TPSA) is 38.3 Å². The van der Waals surface area contributed by atoms with Gasteiger partial charge in [0, 0.05) is 10.6 Å². The molecular formula is C17H19NO2S. The first kappa shape index (κ1) is 14.1. The number of anilines is 1. The Morgan fingerprint density at radius 3 is 2.90 bits per heavy atom. The highest BCUT2D eigenvalue weighted by Gasteiger charge is 2.32. The molecule has 0 bridgehead atoms. The molecule has 1 aliphatic rings. The predicted octanol–water partition coefficient (Wildman–Crippen LogP) is 4.49. The SMILES string of the molecule is CCOC(=O)c1cccc(NC(c2cccs2)C2CC2)c1. The molecule has 1 heterocycles. The molecule has 4 heteroatoms. The minimum atomic E-state index is -0.264. The number of rotatable bonds is 6. The highest BCUT2D eigenvalue weighted by molar-refractivity contribution is 7.10. The van der Waals surface area contributed by atoms with E-state index in [0.717, 1.165) is 5.69 Å². The molecule has 1 aliphatic carbocycles. The number of thiophene rings is 1. The van der Waals surface area contributed by atoms with E-state index < -0.39 is 0 Å². The average Bonchev–Trinajstić information content (AvgIpc) is 3.19. The van der Waals surface area contributed by atoms with Crippen molar-refractivity contribution in [2.24, 2.45) is 5.92 Å². The molecule has 0 amide bonds. The number of nitrogens with one attached hydrogen (secondary N) is 1. The van der Waals surface area contributed by atoms with Gasteiger partial charge in [0.05, 0.1) is 18.2 Å². The number of carbonyl (C=O) groups excluding carboxylic acids is 1. The molecular weight excluding hydrogens is 282 g/mol. The van der Waals surface area contributed by atoms with Crippen molar-refractivity contribution in [1.29, 1.82) is 0 Å². The number of ether oxygens (including phenoxy) is 1. The molecule has 1 aromatic heterocycles. The molecule has 0 aliphatic heterocycles. The van der Waals surface area contributed by atoms with E-state index in [1.54, 1.807) is 17.4 Å². The maximum Gasteiger partial charge on any atom is 0.338 e. The van der Waals surface area contributed by atoms with Gasteiger partial charge in [-0.25, -0.2) is 4.79 Å². The molecule has 110 valence electrons. The Hall–Kier alpha value is -1.81. The van der Waals surface area contributed by atoms with Crippen molar-refractivity contribution in [3.63, 3.8) is 0 Å². The van der Waals surface area contributed by atoms with Crippen LogP contribution < -0.4 is 5.32 Å². The minimum absolute atomic E-state index is 0.264. The van der Waals surface area contributed by atoms with Gasteiger partial charge in [-0.15, -0.1) is 11.3 Å². The number of esters is 1. The monoisotopic (exact) mass is 301 g/mol. The normalized spacial score (nSPS) is 15.5. The highest BCUT2D eigenvalue weighted by atomic mass is 32.1. The third kappa shape index (κ3) is 3.45. The second-order valence-electron chi connectivity index (χ2n) is 5.28. The Morgan fingerprint density at radius 1 is 1.38 bits per heavy atom. The van der Waals surface area contributed by atoms with Crippen LogP contribution in [-0.4, -0.2) is 12.6 Å². The molecule has 3 rings (SSSR count). The van der Waals surface area contributed by atoms with Gasteiger partial charge in [0.15, 0.2) is 0 Å². The van der Waals surface area contributed by atoms with Crippen molar-refractivity contribution in [3.8, 4) is 0 Å². The molecule has 2 aromatic rings. The van der Waals surface area contributed by atoms with Gasteiger partial charge in [0.25, 0.3) is 0 Å². The molecule has 0 spiro atoms. The lowest BCUT2D eigenvalue weighted by atomic mass is 10.1. The van der Waals surface area contributed by atoms with Crippen LogP contribution in [-0.2, 0) is 4.74 Å². The summed E-state index contributed by atoms with van der Waals surface area (Å²) in [7, 11) is 0. The van der Waals surface area contributed by atoms with E-state index in [-0.39, 0.29) is 5.97 Å². The number of hydrogen-bond donors (Lipinski definition) is 1. The van der Waals surface area contributed by atoms with E-state index in [9.17, 15) is 4.79 Å². The standard InChI is InChI=1S/C17H19NO2S/c1-2-20-17(19)13-5-3-6-14(11-13)18-16(12-8-9-12)15-7-4-10-21-15/h3-7,10-12,16,18H,2,8-9H2,1H3. The lowest BCUT2D eigenvalue weighted by Crippen LogP contribution is -2.12. The van der Waals surface area contributed by atoms with Crippen LogP contribution in [0.15, 0.2) is 41.8 Å². The zero-order valence-electron chi connectivity index (χ0n) is 12.0. The third-order valence-corrected chi connectivity index (χ3v) is 4.59. The summed E-state index contributed by atoms with van der Waals surface area (Å²) < 4.78 is 5.06. The first-order valence-electron chi connectivity index (χ1n) is 7.35. The summed E-state index contributed by atoms with van der Waals surface area (Å²) in [5, 5.41) is 5.70. The van der Waals surface area contributed by atoms with E-state index in [1.807, 2.05) is 25.1 Å². The quantitative estimate of drug-likeness (QED) is 0.799. The van der Waals surface area contributed by atoms with Crippen LogP contribution in [0.1, 0.15) is 41.0 Å². The summed E-state index contributed by atoms with van der Waals surface area (Å²) in [6.45, 7) is 2.22. The van der Waals surface area contributed by atoms with Crippen LogP contribution in [0.5, 0.6) is 0 Å². The Kier molecular flexibility index (Phi) is 4.25. The van der Waals surface area contributed by atoms with Crippen LogP contribution in [0.25, 0.3) is 0 Å². The van der Waals surface area contributed by atoms with Gasteiger partial charge in [0.2, 0.25) is 0 Å².